The molecule has 0 atom stereocenters. The molecule has 1 heterocycles. The Hall–Kier alpha value is -1.39. The number of hydrogen-bond acceptors (Lipinski definition) is 3. The highest BCUT2D eigenvalue weighted by atomic mass is 16.4. The van der Waals surface area contributed by atoms with E-state index in [1.54, 1.807) is 0 Å². The molecule has 5 heteroatoms. The van der Waals surface area contributed by atoms with Crippen LogP contribution in [0.25, 0.3) is 0 Å². The van der Waals surface area contributed by atoms with E-state index in [0.717, 1.165) is 49.8 Å². The second-order valence-corrected chi connectivity index (χ2v) is 6.60. The Morgan fingerprint density at radius 3 is 2.00 bits per heavy atom. The van der Waals surface area contributed by atoms with E-state index in [4.69, 9.17) is 0 Å². The number of carbonyl (C=O) groups is 3. The van der Waals surface area contributed by atoms with Gasteiger partial charge in [-0.05, 0) is 32.1 Å². The van der Waals surface area contributed by atoms with E-state index in [9.17, 15) is 19.5 Å². The van der Waals surface area contributed by atoms with Crippen molar-refractivity contribution in [2.45, 2.75) is 69.7 Å². The molecule has 0 aromatic carbocycles. The number of likely N-dealkylation sites (tertiary alicyclic amines) is 1. The minimum Gasteiger partial charge on any atom is -0.479 e. The van der Waals surface area contributed by atoms with Gasteiger partial charge in [-0.2, -0.15) is 0 Å². The van der Waals surface area contributed by atoms with Gasteiger partial charge in [0.15, 0.2) is 0 Å². The van der Waals surface area contributed by atoms with Gasteiger partial charge in [-0.1, -0.05) is 25.7 Å². The number of rotatable bonds is 2. The van der Waals surface area contributed by atoms with Crippen LogP contribution in [0.2, 0.25) is 0 Å². The summed E-state index contributed by atoms with van der Waals surface area (Å²) in [7, 11) is 0. The monoisotopic (exact) mass is 279 g/mol. The molecule has 0 radical (unpaired) electrons. The molecule has 110 valence electrons. The molecule has 3 fully saturated rings. The van der Waals surface area contributed by atoms with E-state index < -0.39 is 16.9 Å². The summed E-state index contributed by atoms with van der Waals surface area (Å²) in [4.78, 5) is 37.9. The van der Waals surface area contributed by atoms with E-state index in [2.05, 4.69) is 0 Å². The van der Waals surface area contributed by atoms with Crippen molar-refractivity contribution in [3.8, 4) is 0 Å². The number of imide groups is 1. The third-order valence-corrected chi connectivity index (χ3v) is 5.46. The molecule has 1 N–H and O–H groups in total. The molecule has 0 unspecified atom stereocenters. The quantitative estimate of drug-likeness (QED) is 0.785. The lowest BCUT2D eigenvalue weighted by atomic mass is 9.74. The van der Waals surface area contributed by atoms with E-state index in [0.29, 0.717) is 12.8 Å². The maximum Gasteiger partial charge on any atom is 0.330 e. The molecular formula is C15H21NO4. The molecule has 20 heavy (non-hydrogen) atoms. The van der Waals surface area contributed by atoms with Crippen molar-refractivity contribution in [1.29, 1.82) is 0 Å². The molecular weight excluding hydrogens is 258 g/mol. The van der Waals surface area contributed by atoms with Crippen molar-refractivity contribution in [2.75, 3.05) is 0 Å². The molecule has 3 aliphatic rings. The number of carboxylic acid groups (broad SMARTS) is 1. The van der Waals surface area contributed by atoms with Gasteiger partial charge in [0.25, 0.3) is 0 Å². The maximum absolute atomic E-state index is 12.8. The lowest BCUT2D eigenvalue weighted by Crippen LogP contribution is -2.62. The Morgan fingerprint density at radius 2 is 1.55 bits per heavy atom. The lowest BCUT2D eigenvalue weighted by molar-refractivity contribution is -0.170. The van der Waals surface area contributed by atoms with Crippen LogP contribution in [-0.2, 0) is 14.4 Å². The Labute approximate surface area is 118 Å². The largest absolute Gasteiger partial charge is 0.479 e. The maximum atomic E-state index is 12.8. The first-order valence-corrected chi connectivity index (χ1v) is 7.63. The summed E-state index contributed by atoms with van der Waals surface area (Å²) in [5.74, 6) is -1.48. The topological polar surface area (TPSA) is 74.7 Å². The molecule has 1 aliphatic heterocycles. The number of carbonyl (C=O) groups excluding carboxylic acids is 2. The fraction of sp³-hybridized carbons (Fsp3) is 0.800. The molecule has 2 aliphatic carbocycles. The summed E-state index contributed by atoms with van der Waals surface area (Å²) in [6.07, 6.45) is 7.44. The molecule has 2 saturated carbocycles. The van der Waals surface area contributed by atoms with Crippen LogP contribution in [0.5, 0.6) is 0 Å². The number of amides is 2. The average Bonchev–Trinajstić information content (AvgIpc) is 2.54. The molecule has 2 amide bonds. The van der Waals surface area contributed by atoms with Crippen molar-refractivity contribution in [3.05, 3.63) is 0 Å². The first-order chi connectivity index (χ1) is 9.52. The highest BCUT2D eigenvalue weighted by Crippen LogP contribution is 2.50. The standard InChI is InChI=1S/C15H21NO4/c17-11-10-14(6-3-1-2-4-7-14)12(18)16(11)15(13(19)20)8-5-9-15/h1-10H2,(H,19,20). The van der Waals surface area contributed by atoms with Gasteiger partial charge in [-0.15, -0.1) is 0 Å². The molecule has 5 nitrogen and oxygen atoms in total. The van der Waals surface area contributed by atoms with Crippen LogP contribution in [0.15, 0.2) is 0 Å². The SMILES string of the molecule is O=C1CC2(CCCCCC2)C(=O)N1C1(C(=O)O)CCC1. The van der Waals surface area contributed by atoms with Gasteiger partial charge in [0.2, 0.25) is 11.8 Å². The highest BCUT2D eigenvalue weighted by molar-refractivity contribution is 6.09. The van der Waals surface area contributed by atoms with Crippen molar-refractivity contribution in [2.24, 2.45) is 5.41 Å². The van der Waals surface area contributed by atoms with Gasteiger partial charge < -0.3 is 5.11 Å². The fourth-order valence-corrected chi connectivity index (χ4v) is 4.07. The fourth-order valence-electron chi connectivity index (χ4n) is 4.07. The zero-order valence-corrected chi connectivity index (χ0v) is 11.7. The number of nitrogens with zero attached hydrogens (tertiary/aromatic N) is 1. The summed E-state index contributed by atoms with van der Waals surface area (Å²) in [5.41, 5.74) is -1.82. The van der Waals surface area contributed by atoms with Crippen LogP contribution in [0.3, 0.4) is 0 Å². The van der Waals surface area contributed by atoms with E-state index in [1.165, 1.54) is 0 Å². The van der Waals surface area contributed by atoms with Crippen LogP contribution >= 0.6 is 0 Å². The summed E-state index contributed by atoms with van der Waals surface area (Å²) in [6.45, 7) is 0. The van der Waals surface area contributed by atoms with Crippen molar-refractivity contribution in [3.63, 3.8) is 0 Å². The van der Waals surface area contributed by atoms with Gasteiger partial charge in [0, 0.05) is 6.42 Å². The zero-order valence-electron chi connectivity index (χ0n) is 11.7. The van der Waals surface area contributed by atoms with Crippen LogP contribution < -0.4 is 0 Å². The minimum atomic E-state index is -1.23. The zero-order chi connectivity index (χ0) is 14.4. The molecule has 0 aromatic heterocycles. The third-order valence-electron chi connectivity index (χ3n) is 5.46. The Bertz CT molecular complexity index is 458. The van der Waals surface area contributed by atoms with Crippen LogP contribution in [0, 0.1) is 5.41 Å². The smallest absolute Gasteiger partial charge is 0.330 e. The predicted molar refractivity (Wildman–Crippen MR) is 70.8 cm³/mol. The number of hydrogen-bond donors (Lipinski definition) is 1. The second kappa shape index (κ2) is 4.57. The van der Waals surface area contributed by atoms with Gasteiger partial charge in [0.05, 0.1) is 5.41 Å². The Morgan fingerprint density at radius 1 is 0.950 bits per heavy atom. The van der Waals surface area contributed by atoms with E-state index >= 15 is 0 Å². The van der Waals surface area contributed by atoms with Crippen LogP contribution in [0.4, 0.5) is 0 Å². The number of aliphatic carboxylic acids is 1. The average molecular weight is 279 g/mol. The molecule has 0 aromatic rings. The van der Waals surface area contributed by atoms with Gasteiger partial charge in [0.1, 0.15) is 5.54 Å². The van der Waals surface area contributed by atoms with Crippen molar-refractivity contribution in [1.82, 2.24) is 4.90 Å². The minimum absolute atomic E-state index is 0.202. The highest BCUT2D eigenvalue weighted by Gasteiger charge is 2.62. The summed E-state index contributed by atoms with van der Waals surface area (Å²) < 4.78 is 0. The van der Waals surface area contributed by atoms with Gasteiger partial charge >= 0.3 is 5.97 Å². The Kier molecular flexibility index (Phi) is 3.10. The van der Waals surface area contributed by atoms with Gasteiger partial charge in [-0.25, -0.2) is 4.79 Å². The molecule has 1 saturated heterocycles. The number of carboxylic acids is 1. The predicted octanol–water partition coefficient (Wildman–Crippen LogP) is 2.09. The summed E-state index contributed by atoms with van der Waals surface area (Å²) >= 11 is 0. The van der Waals surface area contributed by atoms with E-state index in [1.807, 2.05) is 0 Å². The molecule has 0 bridgehead atoms. The van der Waals surface area contributed by atoms with E-state index in [-0.39, 0.29) is 18.2 Å². The Balaban J connectivity index is 1.92. The lowest BCUT2D eigenvalue weighted by Gasteiger charge is -2.44. The molecule has 1 spiro atoms. The normalized spacial score (nSPS) is 28.3. The van der Waals surface area contributed by atoms with Crippen molar-refractivity contribution >= 4 is 17.8 Å². The van der Waals surface area contributed by atoms with Crippen LogP contribution in [0.1, 0.15) is 64.2 Å². The van der Waals surface area contributed by atoms with Gasteiger partial charge in [-0.3, -0.25) is 14.5 Å². The van der Waals surface area contributed by atoms with Crippen LogP contribution in [-0.4, -0.2) is 33.3 Å². The molecule has 3 rings (SSSR count). The first kappa shape index (κ1) is 13.6. The van der Waals surface area contributed by atoms with Crippen molar-refractivity contribution < 1.29 is 19.5 Å². The summed E-state index contributed by atoms with van der Waals surface area (Å²) in [6, 6.07) is 0. The first-order valence-electron chi connectivity index (χ1n) is 7.63. The summed E-state index contributed by atoms with van der Waals surface area (Å²) in [5, 5.41) is 9.48. The third kappa shape index (κ3) is 1.71. The second-order valence-electron chi connectivity index (χ2n) is 6.60.